The number of pyridine rings is 2. The van der Waals surface area contributed by atoms with Crippen LogP contribution in [0.3, 0.4) is 0 Å². The van der Waals surface area contributed by atoms with Gasteiger partial charge in [0.15, 0.2) is 0 Å². The largest absolute Gasteiger partial charge is 0.411 e. The maximum atomic E-state index is 12.0. The van der Waals surface area contributed by atoms with Crippen molar-refractivity contribution in [2.45, 2.75) is 31.0 Å². The Morgan fingerprint density at radius 2 is 2.04 bits per heavy atom. The molecular weight excluding hydrogens is 350 g/mol. The fraction of sp³-hybridized carbons (Fsp3) is 0.278. The van der Waals surface area contributed by atoms with Gasteiger partial charge in [-0.1, -0.05) is 17.8 Å². The lowest BCUT2D eigenvalue weighted by Crippen LogP contribution is -2.34. The predicted molar refractivity (Wildman–Crippen MR) is 98.4 cm³/mol. The number of amides is 1. The number of carbonyl (C=O) groups excluding carboxylic acids is 1. The Balaban J connectivity index is 1.40. The lowest BCUT2D eigenvalue weighted by molar-refractivity contribution is -0.121. The minimum atomic E-state index is 0.00256. The summed E-state index contributed by atoms with van der Waals surface area (Å²) in [6, 6.07) is 7.56. The van der Waals surface area contributed by atoms with Crippen LogP contribution < -0.4 is 5.32 Å². The average molecular weight is 369 g/mol. The molecule has 0 saturated carbocycles. The van der Waals surface area contributed by atoms with Crippen molar-refractivity contribution in [2.75, 3.05) is 5.75 Å². The van der Waals surface area contributed by atoms with Crippen LogP contribution in [0.1, 0.15) is 18.9 Å². The van der Waals surface area contributed by atoms with E-state index in [9.17, 15) is 4.79 Å². The van der Waals surface area contributed by atoms with Gasteiger partial charge in [0.1, 0.15) is 0 Å². The minimum absolute atomic E-state index is 0.00256. The maximum absolute atomic E-state index is 12.0. The standard InChI is InChI=1S/C18H19N5O2S/c1-13(11-14-3-2-7-20-12-14)21-16(24)6-10-26-18-23-22-17(25-18)15-4-8-19-9-5-15/h2-5,7-9,12-13H,6,10-11H2,1H3,(H,21,24). The van der Waals surface area contributed by atoms with E-state index in [-0.39, 0.29) is 11.9 Å². The molecule has 1 N–H and O–H groups in total. The number of aromatic nitrogens is 4. The van der Waals surface area contributed by atoms with E-state index in [1.165, 1.54) is 11.8 Å². The zero-order valence-electron chi connectivity index (χ0n) is 14.3. The molecule has 134 valence electrons. The van der Waals surface area contributed by atoms with E-state index in [4.69, 9.17) is 4.42 Å². The van der Waals surface area contributed by atoms with Crippen molar-refractivity contribution in [2.24, 2.45) is 0 Å². The normalized spacial score (nSPS) is 11.9. The molecule has 3 heterocycles. The molecule has 8 heteroatoms. The lowest BCUT2D eigenvalue weighted by atomic mass is 10.1. The summed E-state index contributed by atoms with van der Waals surface area (Å²) in [5.41, 5.74) is 1.92. The zero-order valence-corrected chi connectivity index (χ0v) is 15.1. The first-order valence-electron chi connectivity index (χ1n) is 8.25. The number of nitrogens with one attached hydrogen (secondary N) is 1. The second-order valence-corrected chi connectivity index (χ2v) is 6.79. The van der Waals surface area contributed by atoms with Crippen molar-refractivity contribution in [1.29, 1.82) is 0 Å². The molecule has 0 bridgehead atoms. The van der Waals surface area contributed by atoms with Crippen molar-refractivity contribution in [3.8, 4) is 11.5 Å². The summed E-state index contributed by atoms with van der Waals surface area (Å²) in [5.74, 6) is 1.02. The molecule has 3 rings (SSSR count). The van der Waals surface area contributed by atoms with E-state index < -0.39 is 0 Å². The van der Waals surface area contributed by atoms with Gasteiger partial charge < -0.3 is 9.73 Å². The summed E-state index contributed by atoms with van der Waals surface area (Å²) in [7, 11) is 0. The van der Waals surface area contributed by atoms with Crippen LogP contribution in [0.4, 0.5) is 0 Å². The van der Waals surface area contributed by atoms with Gasteiger partial charge in [0.2, 0.25) is 11.8 Å². The van der Waals surface area contributed by atoms with Crippen LogP contribution in [0.2, 0.25) is 0 Å². The summed E-state index contributed by atoms with van der Waals surface area (Å²) >= 11 is 1.37. The van der Waals surface area contributed by atoms with E-state index >= 15 is 0 Å². The summed E-state index contributed by atoms with van der Waals surface area (Å²) in [4.78, 5) is 20.1. The first kappa shape index (κ1) is 18.1. The van der Waals surface area contributed by atoms with Gasteiger partial charge in [0.05, 0.1) is 0 Å². The minimum Gasteiger partial charge on any atom is -0.411 e. The van der Waals surface area contributed by atoms with Gasteiger partial charge >= 0.3 is 0 Å². The second kappa shape index (κ2) is 9.10. The first-order valence-corrected chi connectivity index (χ1v) is 9.24. The molecule has 0 radical (unpaired) electrons. The first-order chi connectivity index (χ1) is 12.7. The summed E-state index contributed by atoms with van der Waals surface area (Å²) in [6.45, 7) is 1.98. The topological polar surface area (TPSA) is 93.8 Å². The van der Waals surface area contributed by atoms with Crippen LogP contribution in [0, 0.1) is 0 Å². The third-order valence-corrected chi connectivity index (χ3v) is 4.38. The smallest absolute Gasteiger partial charge is 0.276 e. The van der Waals surface area contributed by atoms with Crippen LogP contribution >= 0.6 is 11.8 Å². The van der Waals surface area contributed by atoms with E-state index in [2.05, 4.69) is 25.5 Å². The van der Waals surface area contributed by atoms with Gasteiger partial charge in [-0.15, -0.1) is 10.2 Å². The Morgan fingerprint density at radius 3 is 2.81 bits per heavy atom. The molecule has 1 atom stereocenters. The molecular formula is C18H19N5O2S. The molecule has 1 unspecified atom stereocenters. The van der Waals surface area contributed by atoms with Crippen molar-refractivity contribution in [1.82, 2.24) is 25.5 Å². The summed E-state index contributed by atoms with van der Waals surface area (Å²) < 4.78 is 5.59. The number of carbonyl (C=O) groups is 1. The highest BCUT2D eigenvalue weighted by Crippen LogP contribution is 2.22. The number of rotatable bonds is 8. The number of nitrogens with zero attached hydrogens (tertiary/aromatic N) is 4. The molecule has 0 aliphatic heterocycles. The van der Waals surface area contributed by atoms with Crippen molar-refractivity contribution in [3.63, 3.8) is 0 Å². The molecule has 0 saturated heterocycles. The molecule has 3 aromatic rings. The molecule has 0 spiro atoms. The Kier molecular flexibility index (Phi) is 6.32. The van der Waals surface area contributed by atoms with Crippen molar-refractivity contribution >= 4 is 17.7 Å². The Labute approximate surface area is 155 Å². The molecule has 26 heavy (non-hydrogen) atoms. The quantitative estimate of drug-likeness (QED) is 0.610. The van der Waals surface area contributed by atoms with Crippen LogP contribution in [0.15, 0.2) is 58.7 Å². The zero-order chi connectivity index (χ0) is 18.2. The monoisotopic (exact) mass is 369 g/mol. The third kappa shape index (κ3) is 5.38. The van der Waals surface area contributed by atoms with Crippen molar-refractivity contribution < 1.29 is 9.21 Å². The van der Waals surface area contributed by atoms with Crippen molar-refractivity contribution in [3.05, 3.63) is 54.6 Å². The summed E-state index contributed by atoms with van der Waals surface area (Å²) in [5, 5.41) is 11.4. The predicted octanol–water partition coefficient (Wildman–Crippen LogP) is 2.76. The fourth-order valence-corrected chi connectivity index (χ4v) is 3.08. The molecule has 0 aliphatic rings. The van der Waals surface area contributed by atoms with Gasteiger partial charge in [-0.3, -0.25) is 14.8 Å². The highest BCUT2D eigenvalue weighted by molar-refractivity contribution is 7.99. The average Bonchev–Trinajstić information content (AvgIpc) is 3.12. The van der Waals surface area contributed by atoms with Crippen LogP contribution in [-0.4, -0.2) is 37.9 Å². The van der Waals surface area contributed by atoms with E-state index in [1.807, 2.05) is 25.3 Å². The SMILES string of the molecule is CC(Cc1cccnc1)NC(=O)CCSc1nnc(-c2ccncc2)o1. The maximum Gasteiger partial charge on any atom is 0.276 e. The van der Waals surface area contributed by atoms with Crippen LogP contribution in [0.25, 0.3) is 11.5 Å². The van der Waals surface area contributed by atoms with Gasteiger partial charge in [-0.25, -0.2) is 0 Å². The van der Waals surface area contributed by atoms with Gasteiger partial charge in [-0.05, 0) is 37.1 Å². The van der Waals surface area contributed by atoms with E-state index in [1.54, 1.807) is 30.7 Å². The number of hydrogen-bond acceptors (Lipinski definition) is 7. The van der Waals surface area contributed by atoms with Crippen LogP contribution in [-0.2, 0) is 11.2 Å². The summed E-state index contributed by atoms with van der Waals surface area (Å²) in [6.07, 6.45) is 8.03. The Bertz CT molecular complexity index is 826. The van der Waals surface area contributed by atoms with Gasteiger partial charge in [0.25, 0.3) is 5.22 Å². The molecule has 0 aromatic carbocycles. The third-order valence-electron chi connectivity index (χ3n) is 3.56. The van der Waals surface area contributed by atoms with E-state index in [0.717, 1.165) is 17.5 Å². The number of thioether (sulfide) groups is 1. The van der Waals surface area contributed by atoms with E-state index in [0.29, 0.717) is 23.3 Å². The highest BCUT2D eigenvalue weighted by Gasteiger charge is 2.11. The second-order valence-electron chi connectivity index (χ2n) is 5.74. The molecule has 3 aromatic heterocycles. The fourth-order valence-electron chi connectivity index (χ4n) is 2.38. The van der Waals surface area contributed by atoms with Gasteiger partial charge in [0, 0.05) is 48.6 Å². The van der Waals surface area contributed by atoms with Crippen LogP contribution in [0.5, 0.6) is 0 Å². The molecule has 0 aliphatic carbocycles. The van der Waals surface area contributed by atoms with Gasteiger partial charge in [-0.2, -0.15) is 0 Å². The number of hydrogen-bond donors (Lipinski definition) is 1. The Hall–Kier alpha value is -2.74. The molecule has 0 fully saturated rings. The molecule has 1 amide bonds. The highest BCUT2D eigenvalue weighted by atomic mass is 32.2. The molecule has 7 nitrogen and oxygen atoms in total. The Morgan fingerprint density at radius 1 is 1.19 bits per heavy atom. The lowest BCUT2D eigenvalue weighted by Gasteiger charge is -2.13.